The molecule has 0 amide bonds. The standard InChI is InChI=1S/C21H18N2OS/c1-23(2)16-10-7-14(8-11-16)15-9-12-19(24)17(13-15)21-22-18-5-3-4-6-20(18)25-21/h3-13,24H,1-2H3. The zero-order valence-corrected chi connectivity index (χ0v) is 14.9. The Hall–Kier alpha value is -2.85. The van der Waals surface area contributed by atoms with Gasteiger partial charge in [-0.25, -0.2) is 4.98 Å². The van der Waals surface area contributed by atoms with Gasteiger partial charge in [0.1, 0.15) is 10.8 Å². The lowest BCUT2D eigenvalue weighted by atomic mass is 10.0. The van der Waals surface area contributed by atoms with Crippen molar-refractivity contribution in [1.29, 1.82) is 0 Å². The number of aromatic hydroxyl groups is 1. The Balaban J connectivity index is 1.78. The monoisotopic (exact) mass is 346 g/mol. The van der Waals surface area contributed by atoms with Crippen molar-refractivity contribution in [2.75, 3.05) is 19.0 Å². The molecule has 1 N–H and O–H groups in total. The quantitative estimate of drug-likeness (QED) is 0.539. The van der Waals surface area contributed by atoms with Crippen LogP contribution in [0.5, 0.6) is 5.75 Å². The average molecular weight is 346 g/mol. The van der Waals surface area contributed by atoms with Crippen LogP contribution in [0.1, 0.15) is 0 Å². The number of benzene rings is 3. The van der Waals surface area contributed by atoms with Gasteiger partial charge in [-0.15, -0.1) is 11.3 Å². The van der Waals surface area contributed by atoms with Crippen LogP contribution in [-0.2, 0) is 0 Å². The Bertz CT molecular complexity index is 1000. The Labute approximate surface area is 150 Å². The molecule has 0 radical (unpaired) electrons. The highest BCUT2D eigenvalue weighted by Crippen LogP contribution is 2.37. The van der Waals surface area contributed by atoms with Crippen LogP contribution in [0.25, 0.3) is 31.9 Å². The second-order valence-corrected chi connectivity index (χ2v) is 7.19. The number of nitrogens with zero attached hydrogens (tertiary/aromatic N) is 2. The number of anilines is 1. The molecule has 0 fully saturated rings. The van der Waals surface area contributed by atoms with Gasteiger partial charge in [-0.05, 0) is 47.5 Å². The molecule has 0 saturated heterocycles. The fourth-order valence-electron chi connectivity index (χ4n) is 2.83. The van der Waals surface area contributed by atoms with Gasteiger partial charge < -0.3 is 10.0 Å². The summed E-state index contributed by atoms with van der Waals surface area (Å²) in [5.41, 5.74) is 5.08. The third-order valence-corrected chi connectivity index (χ3v) is 5.31. The Morgan fingerprint density at radius 1 is 0.880 bits per heavy atom. The number of rotatable bonds is 3. The first kappa shape index (κ1) is 15.7. The molecule has 3 aromatic carbocycles. The molecule has 25 heavy (non-hydrogen) atoms. The molecule has 4 rings (SSSR count). The van der Waals surface area contributed by atoms with Crippen molar-refractivity contribution in [2.24, 2.45) is 0 Å². The number of phenols is 1. The molecule has 0 spiro atoms. The number of thiazole rings is 1. The van der Waals surface area contributed by atoms with Gasteiger partial charge in [-0.3, -0.25) is 0 Å². The van der Waals surface area contributed by atoms with E-state index in [1.807, 2.05) is 44.4 Å². The van der Waals surface area contributed by atoms with Crippen molar-refractivity contribution in [3.63, 3.8) is 0 Å². The van der Waals surface area contributed by atoms with Crippen LogP contribution in [0, 0.1) is 0 Å². The summed E-state index contributed by atoms with van der Waals surface area (Å²) in [5, 5.41) is 11.2. The lowest BCUT2D eigenvalue weighted by molar-refractivity contribution is 0.477. The van der Waals surface area contributed by atoms with E-state index < -0.39 is 0 Å². The van der Waals surface area contributed by atoms with Crippen LogP contribution < -0.4 is 4.90 Å². The van der Waals surface area contributed by atoms with E-state index in [-0.39, 0.29) is 5.75 Å². The van der Waals surface area contributed by atoms with Crippen LogP contribution in [0.2, 0.25) is 0 Å². The van der Waals surface area contributed by atoms with E-state index in [0.29, 0.717) is 0 Å². The molecule has 0 aliphatic carbocycles. The third kappa shape index (κ3) is 2.96. The number of phenolic OH excluding ortho intramolecular Hbond substituents is 1. The second-order valence-electron chi connectivity index (χ2n) is 6.16. The van der Waals surface area contributed by atoms with E-state index in [2.05, 4.69) is 40.2 Å². The summed E-state index contributed by atoms with van der Waals surface area (Å²) < 4.78 is 1.12. The molecule has 1 aromatic heterocycles. The maximum Gasteiger partial charge on any atom is 0.128 e. The molecule has 0 bridgehead atoms. The van der Waals surface area contributed by atoms with Crippen LogP contribution in [0.3, 0.4) is 0 Å². The predicted molar refractivity (Wildman–Crippen MR) is 106 cm³/mol. The summed E-state index contributed by atoms with van der Waals surface area (Å²) in [4.78, 5) is 6.74. The van der Waals surface area contributed by atoms with Gasteiger partial charge in [-0.1, -0.05) is 30.3 Å². The maximum absolute atomic E-state index is 10.3. The van der Waals surface area contributed by atoms with E-state index in [9.17, 15) is 5.11 Å². The normalized spacial score (nSPS) is 11.0. The topological polar surface area (TPSA) is 36.4 Å². The molecule has 0 atom stereocenters. The van der Waals surface area contributed by atoms with Gasteiger partial charge in [0.25, 0.3) is 0 Å². The van der Waals surface area contributed by atoms with Crippen molar-refractivity contribution in [3.05, 3.63) is 66.7 Å². The van der Waals surface area contributed by atoms with E-state index in [1.54, 1.807) is 17.4 Å². The van der Waals surface area contributed by atoms with Crippen molar-refractivity contribution in [3.8, 4) is 27.4 Å². The Morgan fingerprint density at radius 2 is 1.60 bits per heavy atom. The maximum atomic E-state index is 10.3. The summed E-state index contributed by atoms with van der Waals surface area (Å²) in [6.07, 6.45) is 0. The van der Waals surface area contributed by atoms with E-state index >= 15 is 0 Å². The van der Waals surface area contributed by atoms with Crippen LogP contribution in [0.4, 0.5) is 5.69 Å². The van der Waals surface area contributed by atoms with Crippen molar-refractivity contribution in [2.45, 2.75) is 0 Å². The van der Waals surface area contributed by atoms with Crippen LogP contribution in [-0.4, -0.2) is 24.2 Å². The molecular formula is C21H18N2OS. The number of hydrogen-bond acceptors (Lipinski definition) is 4. The van der Waals surface area contributed by atoms with Crippen LogP contribution in [0.15, 0.2) is 66.7 Å². The smallest absolute Gasteiger partial charge is 0.128 e. The molecule has 3 nitrogen and oxygen atoms in total. The molecular weight excluding hydrogens is 328 g/mol. The molecule has 0 saturated carbocycles. The number of hydrogen-bond donors (Lipinski definition) is 1. The highest BCUT2D eigenvalue weighted by atomic mass is 32.1. The van der Waals surface area contributed by atoms with Gasteiger partial charge in [0.05, 0.1) is 15.8 Å². The Kier molecular flexibility index (Phi) is 3.90. The SMILES string of the molecule is CN(C)c1ccc(-c2ccc(O)c(-c3nc4ccccc4s3)c2)cc1. The molecule has 0 unspecified atom stereocenters. The number of fused-ring (bicyclic) bond motifs is 1. The first-order valence-electron chi connectivity index (χ1n) is 8.08. The third-order valence-electron chi connectivity index (χ3n) is 4.24. The van der Waals surface area contributed by atoms with Gasteiger partial charge in [0.2, 0.25) is 0 Å². The van der Waals surface area contributed by atoms with Gasteiger partial charge in [-0.2, -0.15) is 0 Å². The summed E-state index contributed by atoms with van der Waals surface area (Å²) >= 11 is 1.60. The zero-order chi connectivity index (χ0) is 17.4. The van der Waals surface area contributed by atoms with E-state index in [1.165, 1.54) is 0 Å². The molecule has 0 aliphatic heterocycles. The fraction of sp³-hybridized carbons (Fsp3) is 0.0952. The zero-order valence-electron chi connectivity index (χ0n) is 14.1. The first-order valence-corrected chi connectivity index (χ1v) is 8.90. The highest BCUT2D eigenvalue weighted by Gasteiger charge is 2.12. The molecule has 4 heteroatoms. The Morgan fingerprint density at radius 3 is 2.32 bits per heavy atom. The summed E-state index contributed by atoms with van der Waals surface area (Å²) in [5.74, 6) is 0.257. The first-order chi connectivity index (χ1) is 12.1. The van der Waals surface area contributed by atoms with Crippen molar-refractivity contribution in [1.82, 2.24) is 4.98 Å². The van der Waals surface area contributed by atoms with Crippen molar-refractivity contribution < 1.29 is 5.11 Å². The molecule has 0 aliphatic rings. The predicted octanol–water partition coefficient (Wildman–Crippen LogP) is 5.40. The van der Waals surface area contributed by atoms with Crippen LogP contribution >= 0.6 is 11.3 Å². The number of aromatic nitrogens is 1. The second kappa shape index (κ2) is 6.22. The molecule has 124 valence electrons. The van der Waals surface area contributed by atoms with Gasteiger partial charge in [0.15, 0.2) is 0 Å². The van der Waals surface area contributed by atoms with E-state index in [0.717, 1.165) is 37.6 Å². The largest absolute Gasteiger partial charge is 0.507 e. The lowest BCUT2D eigenvalue weighted by Gasteiger charge is -2.13. The fourth-order valence-corrected chi connectivity index (χ4v) is 3.82. The van der Waals surface area contributed by atoms with Gasteiger partial charge in [0, 0.05) is 19.8 Å². The minimum atomic E-state index is 0.257. The minimum Gasteiger partial charge on any atom is -0.507 e. The summed E-state index contributed by atoms with van der Waals surface area (Å²) in [6, 6.07) is 22.1. The van der Waals surface area contributed by atoms with E-state index in [4.69, 9.17) is 0 Å². The average Bonchev–Trinajstić information content (AvgIpc) is 3.06. The molecule has 1 heterocycles. The minimum absolute atomic E-state index is 0.257. The van der Waals surface area contributed by atoms with Gasteiger partial charge >= 0.3 is 0 Å². The molecule has 4 aromatic rings. The number of para-hydroxylation sites is 1. The lowest BCUT2D eigenvalue weighted by Crippen LogP contribution is -2.07. The summed E-state index contributed by atoms with van der Waals surface area (Å²) in [6.45, 7) is 0. The highest BCUT2D eigenvalue weighted by molar-refractivity contribution is 7.21. The summed E-state index contributed by atoms with van der Waals surface area (Å²) in [7, 11) is 4.06. The van der Waals surface area contributed by atoms with Crippen molar-refractivity contribution >= 4 is 27.2 Å².